The van der Waals surface area contributed by atoms with Crippen molar-refractivity contribution in [2.75, 3.05) is 5.73 Å². The van der Waals surface area contributed by atoms with Crippen molar-refractivity contribution in [2.24, 2.45) is 0 Å². The number of nitrogen functional groups attached to an aromatic ring is 1. The van der Waals surface area contributed by atoms with E-state index in [9.17, 15) is 0 Å². The third-order valence-corrected chi connectivity index (χ3v) is 2.15. The molecule has 3 N–H and O–H groups in total. The maximum atomic E-state index is 9.15. The van der Waals surface area contributed by atoms with Crippen LogP contribution in [0.4, 0.5) is 5.88 Å². The summed E-state index contributed by atoms with van der Waals surface area (Å²) in [6.45, 7) is 0. The van der Waals surface area contributed by atoms with Gasteiger partial charge in [0.25, 0.3) is 0 Å². The Bertz CT molecular complexity index is 468. The van der Waals surface area contributed by atoms with Crippen LogP contribution in [0.1, 0.15) is 0 Å². The monoisotopic (exact) mass is 210 g/mol. The zero-order chi connectivity index (χ0) is 10.1. The zero-order valence-corrected chi connectivity index (χ0v) is 7.82. The Hall–Kier alpha value is -1.68. The minimum absolute atomic E-state index is 0.105. The molecule has 0 unspecified atom stereocenters. The number of phenolic OH excluding ortho intramolecular Hbond substituents is 1. The first-order chi connectivity index (χ1) is 6.68. The van der Waals surface area contributed by atoms with Crippen molar-refractivity contribution < 1.29 is 9.63 Å². The first-order valence-electron chi connectivity index (χ1n) is 3.87. The van der Waals surface area contributed by atoms with Gasteiger partial charge in [-0.3, -0.25) is 0 Å². The first-order valence-corrected chi connectivity index (χ1v) is 4.25. The van der Waals surface area contributed by atoms with Gasteiger partial charge in [-0.2, -0.15) is 0 Å². The van der Waals surface area contributed by atoms with Gasteiger partial charge in [0.05, 0.1) is 16.8 Å². The van der Waals surface area contributed by atoms with Crippen molar-refractivity contribution >= 4 is 17.5 Å². The molecule has 1 aromatic heterocycles. The number of halogens is 1. The summed E-state index contributed by atoms with van der Waals surface area (Å²) in [6, 6.07) is 4.61. The molecule has 0 amide bonds. The summed E-state index contributed by atoms with van der Waals surface area (Å²) in [4.78, 5) is 0. The van der Waals surface area contributed by atoms with Gasteiger partial charge in [0.2, 0.25) is 5.88 Å². The number of rotatable bonds is 1. The minimum Gasteiger partial charge on any atom is -0.508 e. The van der Waals surface area contributed by atoms with Gasteiger partial charge in [-0.1, -0.05) is 16.8 Å². The average Bonchev–Trinajstić information content (AvgIpc) is 2.52. The highest BCUT2D eigenvalue weighted by atomic mass is 35.5. The van der Waals surface area contributed by atoms with Crippen LogP contribution in [-0.4, -0.2) is 10.3 Å². The van der Waals surface area contributed by atoms with Crippen molar-refractivity contribution in [3.05, 3.63) is 29.4 Å². The number of nitrogens with two attached hydrogens (primary N) is 1. The molecule has 0 fully saturated rings. The highest BCUT2D eigenvalue weighted by Crippen LogP contribution is 2.33. The third kappa shape index (κ3) is 1.40. The van der Waals surface area contributed by atoms with Crippen LogP contribution in [0.3, 0.4) is 0 Å². The molecular formula is C9H7ClN2O2. The second-order valence-electron chi connectivity index (χ2n) is 2.77. The normalized spacial score (nSPS) is 10.4. The number of hydrogen-bond acceptors (Lipinski definition) is 4. The highest BCUT2D eigenvalue weighted by molar-refractivity contribution is 6.33. The molecule has 0 aliphatic heterocycles. The van der Waals surface area contributed by atoms with E-state index in [0.717, 1.165) is 0 Å². The van der Waals surface area contributed by atoms with Gasteiger partial charge in [0.15, 0.2) is 0 Å². The molecule has 0 saturated heterocycles. The van der Waals surface area contributed by atoms with Gasteiger partial charge >= 0.3 is 0 Å². The molecule has 2 rings (SSSR count). The molecule has 4 nitrogen and oxygen atoms in total. The molecule has 0 radical (unpaired) electrons. The van der Waals surface area contributed by atoms with E-state index in [0.29, 0.717) is 16.1 Å². The van der Waals surface area contributed by atoms with Gasteiger partial charge < -0.3 is 15.4 Å². The fraction of sp³-hybridized carbons (Fsp3) is 0. The van der Waals surface area contributed by atoms with E-state index < -0.39 is 0 Å². The lowest BCUT2D eigenvalue weighted by Crippen LogP contribution is -1.85. The van der Waals surface area contributed by atoms with Gasteiger partial charge in [-0.25, -0.2) is 0 Å². The van der Waals surface area contributed by atoms with E-state index >= 15 is 0 Å². The van der Waals surface area contributed by atoms with E-state index in [1.54, 1.807) is 6.07 Å². The summed E-state index contributed by atoms with van der Waals surface area (Å²) in [6.07, 6.45) is 1.48. The first kappa shape index (κ1) is 8.90. The van der Waals surface area contributed by atoms with Gasteiger partial charge in [-0.15, -0.1) is 0 Å². The SMILES string of the molecule is Nc1oncc1-c1ccc(O)cc1Cl. The molecule has 14 heavy (non-hydrogen) atoms. The van der Waals surface area contributed by atoms with Crippen LogP contribution in [0.2, 0.25) is 5.02 Å². The van der Waals surface area contributed by atoms with E-state index in [2.05, 4.69) is 5.16 Å². The van der Waals surface area contributed by atoms with Crippen molar-refractivity contribution in [1.29, 1.82) is 0 Å². The number of benzene rings is 1. The molecule has 2 aromatic rings. The second-order valence-corrected chi connectivity index (χ2v) is 3.18. The number of nitrogens with zero attached hydrogens (tertiary/aromatic N) is 1. The standard InChI is InChI=1S/C9H7ClN2O2/c10-8-3-5(13)1-2-6(8)7-4-12-14-9(7)11/h1-4,13H,11H2. The zero-order valence-electron chi connectivity index (χ0n) is 7.07. The molecular weight excluding hydrogens is 204 g/mol. The Labute approximate surface area is 84.9 Å². The number of anilines is 1. The molecule has 1 heterocycles. The van der Waals surface area contributed by atoms with E-state index in [-0.39, 0.29) is 11.6 Å². The average molecular weight is 211 g/mol. The molecule has 0 aliphatic carbocycles. The summed E-state index contributed by atoms with van der Waals surface area (Å²) < 4.78 is 4.71. The molecule has 0 aliphatic rings. The molecule has 72 valence electrons. The van der Waals surface area contributed by atoms with Crippen LogP contribution >= 0.6 is 11.6 Å². The summed E-state index contributed by atoms with van der Waals surface area (Å²) in [5, 5.41) is 13.1. The molecule has 0 atom stereocenters. The Morgan fingerprint density at radius 2 is 2.14 bits per heavy atom. The van der Waals surface area contributed by atoms with Crippen LogP contribution in [0, 0.1) is 0 Å². The maximum Gasteiger partial charge on any atom is 0.230 e. The minimum atomic E-state index is 0.105. The lowest BCUT2D eigenvalue weighted by atomic mass is 10.1. The van der Waals surface area contributed by atoms with Crippen LogP contribution in [-0.2, 0) is 0 Å². The van der Waals surface area contributed by atoms with E-state index in [4.69, 9.17) is 27.0 Å². The largest absolute Gasteiger partial charge is 0.508 e. The van der Waals surface area contributed by atoms with Crippen LogP contribution in [0.15, 0.2) is 28.9 Å². The predicted octanol–water partition coefficient (Wildman–Crippen LogP) is 2.28. The summed E-state index contributed by atoms with van der Waals surface area (Å²) in [5.74, 6) is 0.311. The smallest absolute Gasteiger partial charge is 0.230 e. The van der Waals surface area contributed by atoms with Gasteiger partial charge in [0, 0.05) is 5.56 Å². The summed E-state index contributed by atoms with van der Waals surface area (Å²) >= 11 is 5.91. The lowest BCUT2D eigenvalue weighted by molar-refractivity contribution is 0.436. The van der Waals surface area contributed by atoms with Crippen LogP contribution < -0.4 is 5.73 Å². The van der Waals surface area contributed by atoms with Crippen molar-refractivity contribution in [3.63, 3.8) is 0 Å². The fourth-order valence-electron chi connectivity index (χ4n) is 1.17. The summed E-state index contributed by atoms with van der Waals surface area (Å²) in [7, 11) is 0. The second kappa shape index (κ2) is 3.23. The Balaban J connectivity index is 2.58. The highest BCUT2D eigenvalue weighted by Gasteiger charge is 2.10. The predicted molar refractivity (Wildman–Crippen MR) is 53.0 cm³/mol. The lowest BCUT2D eigenvalue weighted by Gasteiger charge is -2.01. The Kier molecular flexibility index (Phi) is 2.05. The fourth-order valence-corrected chi connectivity index (χ4v) is 1.45. The molecule has 0 bridgehead atoms. The quantitative estimate of drug-likeness (QED) is 0.758. The van der Waals surface area contributed by atoms with E-state index in [1.807, 2.05) is 0 Å². The molecule has 5 heteroatoms. The number of aromatic hydroxyl groups is 1. The summed E-state index contributed by atoms with van der Waals surface area (Å²) in [5.41, 5.74) is 6.83. The molecule has 1 aromatic carbocycles. The number of aromatic nitrogens is 1. The Morgan fingerprint density at radius 3 is 2.71 bits per heavy atom. The number of hydrogen-bond donors (Lipinski definition) is 2. The van der Waals surface area contributed by atoms with Gasteiger partial charge in [-0.05, 0) is 18.2 Å². The van der Waals surface area contributed by atoms with E-state index in [1.165, 1.54) is 18.3 Å². The Morgan fingerprint density at radius 1 is 1.36 bits per heavy atom. The van der Waals surface area contributed by atoms with Crippen molar-refractivity contribution in [2.45, 2.75) is 0 Å². The van der Waals surface area contributed by atoms with Gasteiger partial charge in [0.1, 0.15) is 5.75 Å². The maximum absolute atomic E-state index is 9.15. The van der Waals surface area contributed by atoms with Crippen LogP contribution in [0.25, 0.3) is 11.1 Å². The third-order valence-electron chi connectivity index (χ3n) is 1.84. The van der Waals surface area contributed by atoms with Crippen LogP contribution in [0.5, 0.6) is 5.75 Å². The van der Waals surface area contributed by atoms with Crippen molar-refractivity contribution in [3.8, 4) is 16.9 Å². The molecule has 0 spiro atoms. The topological polar surface area (TPSA) is 72.3 Å². The number of phenols is 1. The van der Waals surface area contributed by atoms with Crippen molar-refractivity contribution in [1.82, 2.24) is 5.16 Å². The molecule has 0 saturated carbocycles.